The van der Waals surface area contributed by atoms with Gasteiger partial charge in [-0.25, -0.2) is 0 Å². The minimum atomic E-state index is -4.58. The molecule has 0 aliphatic rings. The minimum absolute atomic E-state index is 0.00190. The van der Waals surface area contributed by atoms with Crippen LogP contribution >= 0.6 is 7.82 Å². The van der Waals surface area contributed by atoms with E-state index in [2.05, 4.69) is 19.2 Å². The maximum atomic E-state index is 12.8. The van der Waals surface area contributed by atoms with Crippen LogP contribution in [0.1, 0.15) is 194 Å². The van der Waals surface area contributed by atoms with Gasteiger partial charge in [-0.3, -0.25) is 9.36 Å². The van der Waals surface area contributed by atoms with Gasteiger partial charge in [-0.2, -0.15) is 0 Å². The average Bonchev–Trinajstić information content (AvgIpc) is 3.06. The summed E-state index contributed by atoms with van der Waals surface area (Å²) in [5.74, 6) is -0.197. The second-order valence-corrected chi connectivity index (χ2v) is 17.1. The maximum Gasteiger partial charge on any atom is 0.268 e. The summed E-state index contributed by atoms with van der Waals surface area (Å²) >= 11 is 0. The molecule has 0 aromatic rings. The largest absolute Gasteiger partial charge is 0.756 e. The van der Waals surface area contributed by atoms with Crippen molar-refractivity contribution >= 4 is 13.7 Å². The van der Waals surface area contributed by atoms with Crippen LogP contribution in [0.25, 0.3) is 0 Å². The fraction of sp³-hybridized carbons (Fsp3) is 0.927. The number of phosphoric acid groups is 1. The van der Waals surface area contributed by atoms with Crippen molar-refractivity contribution < 1.29 is 32.9 Å². The van der Waals surface area contributed by atoms with E-state index in [9.17, 15) is 19.4 Å². The summed E-state index contributed by atoms with van der Waals surface area (Å²) < 4.78 is 23.1. The van der Waals surface area contributed by atoms with Crippen LogP contribution in [0, 0.1) is 0 Å². The number of rotatable bonds is 38. The molecular formula is C41H83N2O6P. The van der Waals surface area contributed by atoms with Gasteiger partial charge in [0, 0.05) is 6.42 Å². The number of hydrogen-bond acceptors (Lipinski definition) is 6. The van der Waals surface area contributed by atoms with Crippen molar-refractivity contribution in [3.8, 4) is 0 Å². The molecule has 0 heterocycles. The van der Waals surface area contributed by atoms with Gasteiger partial charge < -0.3 is 28.8 Å². The third-order valence-electron chi connectivity index (χ3n) is 9.50. The van der Waals surface area contributed by atoms with Gasteiger partial charge in [0.05, 0.1) is 39.9 Å². The molecule has 50 heavy (non-hydrogen) atoms. The third kappa shape index (κ3) is 35.6. The van der Waals surface area contributed by atoms with Gasteiger partial charge in [-0.15, -0.1) is 0 Å². The average molecular weight is 731 g/mol. The fourth-order valence-electron chi connectivity index (χ4n) is 6.09. The molecule has 0 saturated carbocycles. The van der Waals surface area contributed by atoms with Crippen LogP contribution in [0.4, 0.5) is 0 Å². The Morgan fingerprint density at radius 2 is 1.08 bits per heavy atom. The Morgan fingerprint density at radius 3 is 1.50 bits per heavy atom. The second kappa shape index (κ2) is 34.0. The zero-order valence-corrected chi connectivity index (χ0v) is 34.5. The number of allylic oxidation sites excluding steroid dienone is 1. The van der Waals surface area contributed by atoms with E-state index in [1.54, 1.807) is 6.08 Å². The number of nitrogens with zero attached hydrogens (tertiary/aromatic N) is 1. The first kappa shape index (κ1) is 49.2. The molecule has 298 valence electrons. The van der Waals surface area contributed by atoms with E-state index in [0.717, 1.165) is 38.5 Å². The molecule has 0 radical (unpaired) electrons. The number of carbonyl (C=O) groups is 1. The van der Waals surface area contributed by atoms with Crippen molar-refractivity contribution in [2.75, 3.05) is 40.9 Å². The lowest BCUT2D eigenvalue weighted by Gasteiger charge is -2.29. The summed E-state index contributed by atoms with van der Waals surface area (Å²) in [5.41, 5.74) is 0. The predicted molar refractivity (Wildman–Crippen MR) is 210 cm³/mol. The van der Waals surface area contributed by atoms with Gasteiger partial charge in [0.15, 0.2) is 0 Å². The summed E-state index contributed by atoms with van der Waals surface area (Å²) in [6.07, 6.45) is 36.7. The SMILES string of the molecule is CCCCCCCCCCCCCCCC/C=C/[C@@H](O)[C@H](COP(=O)([O-])OCC[N+](C)(C)C)NC(=O)CCCCCCCCCCCCCC. The predicted octanol–water partition coefficient (Wildman–Crippen LogP) is 10.6. The van der Waals surface area contributed by atoms with Crippen molar-refractivity contribution in [2.24, 2.45) is 0 Å². The Bertz CT molecular complexity index is 834. The van der Waals surface area contributed by atoms with E-state index in [0.29, 0.717) is 17.4 Å². The van der Waals surface area contributed by atoms with E-state index in [1.807, 2.05) is 27.2 Å². The number of aliphatic hydroxyl groups excluding tert-OH is 1. The molecule has 3 atom stereocenters. The van der Waals surface area contributed by atoms with Gasteiger partial charge in [-0.05, 0) is 19.3 Å². The smallest absolute Gasteiger partial charge is 0.268 e. The van der Waals surface area contributed by atoms with E-state index in [1.165, 1.54) is 135 Å². The summed E-state index contributed by atoms with van der Waals surface area (Å²) in [6.45, 7) is 4.64. The maximum absolute atomic E-state index is 12.8. The quantitative estimate of drug-likeness (QED) is 0.0283. The van der Waals surface area contributed by atoms with Crippen molar-refractivity contribution in [2.45, 2.75) is 206 Å². The van der Waals surface area contributed by atoms with E-state index >= 15 is 0 Å². The number of carbonyl (C=O) groups excluding carboxylic acids is 1. The zero-order chi connectivity index (χ0) is 37.2. The Hall–Kier alpha value is -0.760. The standard InChI is InChI=1S/C41H83N2O6P/c1-6-8-10-12-14-16-18-20-21-22-23-24-26-28-30-32-34-40(44)39(38-49-50(46,47)48-37-36-43(3,4)5)42-41(45)35-33-31-29-27-25-19-17-15-13-11-9-7-2/h32,34,39-40,44H,6-31,33,35-38H2,1-5H3,(H-,42,45,46,47)/b34-32+/t39-,40+/m0/s1. The van der Waals surface area contributed by atoms with Crippen LogP contribution in [0.3, 0.4) is 0 Å². The number of aliphatic hydroxyl groups is 1. The highest BCUT2D eigenvalue weighted by atomic mass is 31.2. The number of quaternary nitrogens is 1. The lowest BCUT2D eigenvalue weighted by atomic mass is 10.0. The summed E-state index contributed by atoms with van der Waals surface area (Å²) in [6, 6.07) is -0.878. The summed E-state index contributed by atoms with van der Waals surface area (Å²) in [7, 11) is 1.27. The van der Waals surface area contributed by atoms with Crippen LogP contribution in [-0.4, -0.2) is 68.5 Å². The Balaban J connectivity index is 4.45. The second-order valence-electron chi connectivity index (χ2n) is 15.7. The lowest BCUT2D eigenvalue weighted by molar-refractivity contribution is -0.870. The van der Waals surface area contributed by atoms with Gasteiger partial charge in [0.1, 0.15) is 13.2 Å². The normalized spacial score (nSPS) is 14.6. The molecule has 0 rings (SSSR count). The Morgan fingerprint density at radius 1 is 0.680 bits per heavy atom. The molecule has 0 aliphatic heterocycles. The van der Waals surface area contributed by atoms with Crippen molar-refractivity contribution in [1.29, 1.82) is 0 Å². The molecule has 1 amide bonds. The molecule has 0 bridgehead atoms. The zero-order valence-electron chi connectivity index (χ0n) is 33.6. The Kier molecular flexibility index (Phi) is 33.5. The van der Waals surface area contributed by atoms with Crippen LogP contribution in [-0.2, 0) is 18.4 Å². The van der Waals surface area contributed by atoms with Gasteiger partial charge in [0.25, 0.3) is 7.82 Å². The molecule has 0 aromatic heterocycles. The molecule has 0 saturated heterocycles. The van der Waals surface area contributed by atoms with Crippen molar-refractivity contribution in [3.63, 3.8) is 0 Å². The molecule has 0 fully saturated rings. The number of unbranched alkanes of at least 4 members (excludes halogenated alkanes) is 25. The van der Waals surface area contributed by atoms with E-state index < -0.39 is 20.0 Å². The van der Waals surface area contributed by atoms with Crippen LogP contribution in [0.5, 0.6) is 0 Å². The van der Waals surface area contributed by atoms with Crippen LogP contribution in [0.2, 0.25) is 0 Å². The van der Waals surface area contributed by atoms with Gasteiger partial charge >= 0.3 is 0 Å². The first-order chi connectivity index (χ1) is 24.0. The van der Waals surface area contributed by atoms with Crippen molar-refractivity contribution in [3.05, 3.63) is 12.2 Å². The highest BCUT2D eigenvalue weighted by molar-refractivity contribution is 7.45. The minimum Gasteiger partial charge on any atom is -0.756 e. The molecule has 1 unspecified atom stereocenters. The molecule has 2 N–H and O–H groups in total. The van der Waals surface area contributed by atoms with Crippen LogP contribution in [0.15, 0.2) is 12.2 Å². The first-order valence-electron chi connectivity index (χ1n) is 21.1. The van der Waals surface area contributed by atoms with Gasteiger partial charge in [0.2, 0.25) is 5.91 Å². The lowest BCUT2D eigenvalue weighted by Crippen LogP contribution is -2.45. The molecule has 8 nitrogen and oxygen atoms in total. The Labute approximate surface area is 310 Å². The topological polar surface area (TPSA) is 108 Å². The van der Waals surface area contributed by atoms with E-state index in [4.69, 9.17) is 9.05 Å². The summed E-state index contributed by atoms with van der Waals surface area (Å²) in [4.78, 5) is 25.2. The molecule has 0 spiro atoms. The van der Waals surface area contributed by atoms with Crippen LogP contribution < -0.4 is 10.2 Å². The highest BCUT2D eigenvalue weighted by Crippen LogP contribution is 2.38. The van der Waals surface area contributed by atoms with Gasteiger partial charge in [-0.1, -0.05) is 180 Å². The highest BCUT2D eigenvalue weighted by Gasteiger charge is 2.23. The third-order valence-corrected chi connectivity index (χ3v) is 10.5. The summed E-state index contributed by atoms with van der Waals surface area (Å²) in [5, 5.41) is 13.7. The number of likely N-dealkylation sites (N-methyl/N-ethyl adjacent to an activating group) is 1. The number of amides is 1. The molecule has 0 aliphatic carbocycles. The molecule has 0 aromatic carbocycles. The first-order valence-corrected chi connectivity index (χ1v) is 22.5. The number of phosphoric ester groups is 1. The van der Waals surface area contributed by atoms with Crippen molar-refractivity contribution in [1.82, 2.24) is 5.32 Å². The number of nitrogens with one attached hydrogen (secondary N) is 1. The molecule has 9 heteroatoms. The fourth-order valence-corrected chi connectivity index (χ4v) is 6.82. The van der Waals surface area contributed by atoms with E-state index in [-0.39, 0.29) is 19.1 Å². The monoisotopic (exact) mass is 731 g/mol. The molecular weight excluding hydrogens is 647 g/mol. The number of hydrogen-bond donors (Lipinski definition) is 2.